The van der Waals surface area contributed by atoms with Crippen molar-refractivity contribution in [1.29, 1.82) is 0 Å². The number of carbonyl (C=O) groups is 1. The molecule has 3 aromatic carbocycles. The van der Waals surface area contributed by atoms with Gasteiger partial charge in [0.2, 0.25) is 0 Å². The summed E-state index contributed by atoms with van der Waals surface area (Å²) in [5.74, 6) is 1.18. The Morgan fingerprint density at radius 1 is 1.00 bits per heavy atom. The molecule has 0 atom stereocenters. The zero-order valence-corrected chi connectivity index (χ0v) is 19.3. The Labute approximate surface area is 200 Å². The summed E-state index contributed by atoms with van der Waals surface area (Å²) >= 11 is 6.10. The van der Waals surface area contributed by atoms with E-state index in [4.69, 9.17) is 30.2 Å². The molecular weight excluding hydrogens is 458 g/mol. The number of fused-ring (bicyclic) bond motifs is 1. The topological polar surface area (TPSA) is 87.0 Å². The van der Waals surface area contributed by atoms with Crippen LogP contribution >= 0.6 is 11.6 Å². The number of methoxy groups -OCH3 is 2. The number of carbonyl (C=O) groups excluding carboxylic acids is 1. The smallest absolute Gasteiger partial charge is 0.258 e. The Morgan fingerprint density at radius 2 is 1.79 bits per heavy atom. The van der Waals surface area contributed by atoms with Gasteiger partial charge in [-0.05, 0) is 41.5 Å². The lowest BCUT2D eigenvalue weighted by Crippen LogP contribution is -2.28. The SMILES string of the molecule is COc1ccc(-c2coc3cc(OCC(=O)NCc4ccccc4Cl)ccc3c2=O)cc1OC. The molecule has 4 aromatic rings. The van der Waals surface area contributed by atoms with Crippen LogP contribution < -0.4 is 25.0 Å². The monoisotopic (exact) mass is 479 g/mol. The maximum absolute atomic E-state index is 13.1. The second kappa shape index (κ2) is 10.3. The molecule has 4 rings (SSSR count). The number of rotatable bonds is 8. The third kappa shape index (κ3) is 5.00. The van der Waals surface area contributed by atoms with Crippen molar-refractivity contribution in [1.82, 2.24) is 5.32 Å². The van der Waals surface area contributed by atoms with Gasteiger partial charge >= 0.3 is 0 Å². The molecule has 0 aliphatic carbocycles. The lowest BCUT2D eigenvalue weighted by atomic mass is 10.0. The fourth-order valence-corrected chi connectivity index (χ4v) is 3.64. The summed E-state index contributed by atoms with van der Waals surface area (Å²) in [6.07, 6.45) is 1.39. The molecule has 0 fully saturated rings. The lowest BCUT2D eigenvalue weighted by Gasteiger charge is -2.10. The summed E-state index contributed by atoms with van der Waals surface area (Å²) in [5, 5.41) is 3.73. The van der Waals surface area contributed by atoms with Crippen molar-refractivity contribution in [3.63, 3.8) is 0 Å². The van der Waals surface area contributed by atoms with Crippen LogP contribution in [0.4, 0.5) is 0 Å². The fraction of sp³-hybridized carbons (Fsp3) is 0.154. The van der Waals surface area contributed by atoms with Crippen LogP contribution in [0.2, 0.25) is 5.02 Å². The summed E-state index contributed by atoms with van der Waals surface area (Å²) in [5.41, 5.74) is 2.00. The van der Waals surface area contributed by atoms with Crippen molar-refractivity contribution in [2.75, 3.05) is 20.8 Å². The second-order valence-corrected chi connectivity index (χ2v) is 7.77. The van der Waals surface area contributed by atoms with Gasteiger partial charge in [-0.15, -0.1) is 0 Å². The molecule has 174 valence electrons. The van der Waals surface area contributed by atoms with Gasteiger partial charge < -0.3 is 23.9 Å². The Kier molecular flexibility index (Phi) is 7.04. The minimum Gasteiger partial charge on any atom is -0.493 e. The molecule has 0 bridgehead atoms. The van der Waals surface area contributed by atoms with E-state index < -0.39 is 0 Å². The number of ether oxygens (including phenoxy) is 3. The van der Waals surface area contributed by atoms with Gasteiger partial charge in [-0.3, -0.25) is 9.59 Å². The van der Waals surface area contributed by atoms with Crippen molar-refractivity contribution in [3.05, 3.63) is 87.7 Å². The maximum Gasteiger partial charge on any atom is 0.258 e. The molecular formula is C26H22ClNO6. The number of amides is 1. The molecule has 1 heterocycles. The molecule has 7 nitrogen and oxygen atoms in total. The normalized spacial score (nSPS) is 10.7. The highest BCUT2D eigenvalue weighted by Gasteiger charge is 2.13. The van der Waals surface area contributed by atoms with Crippen molar-refractivity contribution in [3.8, 4) is 28.4 Å². The highest BCUT2D eigenvalue weighted by Crippen LogP contribution is 2.32. The van der Waals surface area contributed by atoms with Crippen molar-refractivity contribution in [2.45, 2.75) is 6.54 Å². The van der Waals surface area contributed by atoms with Gasteiger partial charge in [-0.25, -0.2) is 0 Å². The van der Waals surface area contributed by atoms with E-state index in [1.807, 2.05) is 18.2 Å². The first kappa shape index (κ1) is 23.2. The Hall–Kier alpha value is -3.97. The number of benzene rings is 3. The Balaban J connectivity index is 1.47. The van der Waals surface area contributed by atoms with Gasteiger partial charge in [0, 0.05) is 17.6 Å². The van der Waals surface area contributed by atoms with E-state index in [0.29, 0.717) is 50.9 Å². The predicted molar refractivity (Wildman–Crippen MR) is 130 cm³/mol. The van der Waals surface area contributed by atoms with Crippen LogP contribution in [0, 0.1) is 0 Å². The van der Waals surface area contributed by atoms with Crippen LogP contribution in [0.1, 0.15) is 5.56 Å². The van der Waals surface area contributed by atoms with E-state index in [2.05, 4.69) is 5.32 Å². The molecule has 0 saturated heterocycles. The molecule has 0 spiro atoms. The van der Waals surface area contributed by atoms with Gasteiger partial charge in [0.1, 0.15) is 17.6 Å². The van der Waals surface area contributed by atoms with Crippen LogP contribution in [0.25, 0.3) is 22.1 Å². The quantitative estimate of drug-likeness (QED) is 0.389. The van der Waals surface area contributed by atoms with Crippen LogP contribution in [-0.2, 0) is 11.3 Å². The first-order valence-electron chi connectivity index (χ1n) is 10.4. The molecule has 0 radical (unpaired) electrons. The van der Waals surface area contributed by atoms with Crippen molar-refractivity contribution >= 4 is 28.5 Å². The second-order valence-electron chi connectivity index (χ2n) is 7.36. The van der Waals surface area contributed by atoms with Gasteiger partial charge in [0.05, 0.1) is 25.2 Å². The first-order chi connectivity index (χ1) is 16.5. The van der Waals surface area contributed by atoms with E-state index >= 15 is 0 Å². The molecule has 1 aromatic heterocycles. The number of hydrogen-bond donors (Lipinski definition) is 1. The van der Waals surface area contributed by atoms with Gasteiger partial charge in [-0.2, -0.15) is 0 Å². The van der Waals surface area contributed by atoms with E-state index in [1.54, 1.807) is 49.6 Å². The van der Waals surface area contributed by atoms with E-state index in [1.165, 1.54) is 13.4 Å². The fourth-order valence-electron chi connectivity index (χ4n) is 3.44. The summed E-state index contributed by atoms with van der Waals surface area (Å²) < 4.78 is 21.8. The van der Waals surface area contributed by atoms with Gasteiger partial charge in [-0.1, -0.05) is 35.9 Å². The van der Waals surface area contributed by atoms with Crippen molar-refractivity contribution in [2.24, 2.45) is 0 Å². The third-order valence-corrected chi connectivity index (χ3v) is 5.61. The molecule has 0 aliphatic rings. The molecule has 0 unspecified atom stereocenters. The van der Waals surface area contributed by atoms with Crippen LogP contribution in [0.5, 0.6) is 17.2 Å². The highest BCUT2D eigenvalue weighted by atomic mass is 35.5. The highest BCUT2D eigenvalue weighted by molar-refractivity contribution is 6.31. The molecule has 0 saturated carbocycles. The van der Waals surface area contributed by atoms with Gasteiger partial charge in [0.15, 0.2) is 23.5 Å². The number of hydrogen-bond acceptors (Lipinski definition) is 6. The molecule has 1 amide bonds. The van der Waals surface area contributed by atoms with E-state index in [-0.39, 0.29) is 17.9 Å². The van der Waals surface area contributed by atoms with Crippen LogP contribution in [-0.4, -0.2) is 26.7 Å². The van der Waals surface area contributed by atoms with Gasteiger partial charge in [0.25, 0.3) is 5.91 Å². The Morgan fingerprint density at radius 3 is 2.56 bits per heavy atom. The minimum absolute atomic E-state index is 0.191. The van der Waals surface area contributed by atoms with Crippen LogP contribution in [0.3, 0.4) is 0 Å². The third-order valence-electron chi connectivity index (χ3n) is 5.24. The first-order valence-corrected chi connectivity index (χ1v) is 10.8. The zero-order valence-electron chi connectivity index (χ0n) is 18.6. The number of halogens is 1. The molecule has 1 N–H and O–H groups in total. The summed E-state index contributed by atoms with van der Waals surface area (Å²) in [7, 11) is 3.08. The van der Waals surface area contributed by atoms with Crippen molar-refractivity contribution < 1.29 is 23.4 Å². The standard InChI is InChI=1S/C26H22ClNO6/c1-31-22-10-7-16(11-24(22)32-2)20-14-34-23-12-18(8-9-19(23)26(20)30)33-15-25(29)28-13-17-5-3-4-6-21(17)27/h3-12,14H,13,15H2,1-2H3,(H,28,29). The maximum atomic E-state index is 13.1. The largest absolute Gasteiger partial charge is 0.493 e. The average Bonchev–Trinajstić information content (AvgIpc) is 2.86. The molecule has 0 aliphatic heterocycles. The molecule has 8 heteroatoms. The summed E-state index contributed by atoms with van der Waals surface area (Å²) in [4.78, 5) is 25.2. The summed E-state index contributed by atoms with van der Waals surface area (Å²) in [6, 6.07) is 17.3. The lowest BCUT2D eigenvalue weighted by molar-refractivity contribution is -0.123. The predicted octanol–water partition coefficient (Wildman–Crippen LogP) is 4.83. The van der Waals surface area contributed by atoms with E-state index in [0.717, 1.165) is 5.56 Å². The van der Waals surface area contributed by atoms with Crippen LogP contribution in [0.15, 0.2) is 76.1 Å². The zero-order chi connectivity index (χ0) is 24.1. The summed E-state index contributed by atoms with van der Waals surface area (Å²) in [6.45, 7) is 0.108. The number of nitrogens with one attached hydrogen (secondary N) is 1. The van der Waals surface area contributed by atoms with E-state index in [9.17, 15) is 9.59 Å². The molecule has 34 heavy (non-hydrogen) atoms. The Bertz CT molecular complexity index is 1400. The average molecular weight is 480 g/mol. The minimum atomic E-state index is -0.301.